The second-order valence-corrected chi connectivity index (χ2v) is 4.54. The molecule has 0 atom stereocenters. The fourth-order valence-corrected chi connectivity index (χ4v) is 1.32. The van der Waals surface area contributed by atoms with Gasteiger partial charge in [0.15, 0.2) is 0 Å². The fourth-order valence-electron chi connectivity index (χ4n) is 1.32. The molecule has 0 unspecified atom stereocenters. The normalized spacial score (nSPS) is 12.7. The van der Waals surface area contributed by atoms with Crippen molar-refractivity contribution in [3.63, 3.8) is 0 Å². The zero-order chi connectivity index (χ0) is 11.3. The van der Waals surface area contributed by atoms with Gasteiger partial charge in [0.1, 0.15) is 5.84 Å². The lowest BCUT2D eigenvalue weighted by Crippen LogP contribution is -2.34. The number of hydrogen-bond donors (Lipinski definition) is 2. The van der Waals surface area contributed by atoms with Crippen LogP contribution in [0.4, 0.5) is 0 Å². The van der Waals surface area contributed by atoms with E-state index in [-0.39, 0.29) is 5.54 Å². The third-order valence-corrected chi connectivity index (χ3v) is 1.85. The molecule has 15 heavy (non-hydrogen) atoms. The molecule has 0 aliphatic carbocycles. The van der Waals surface area contributed by atoms with Crippen LogP contribution in [0.1, 0.15) is 26.3 Å². The van der Waals surface area contributed by atoms with Crippen LogP contribution in [0.3, 0.4) is 0 Å². The summed E-state index contributed by atoms with van der Waals surface area (Å²) < 4.78 is 0. The predicted octanol–water partition coefficient (Wildman–Crippen LogP) is 1.89. The maximum absolute atomic E-state index is 5.45. The van der Waals surface area contributed by atoms with Crippen LogP contribution in [0, 0.1) is 0 Å². The van der Waals surface area contributed by atoms with Gasteiger partial charge in [-0.15, -0.1) is 0 Å². The standard InChI is InChI=1S/C12H19N3/c1-12(2,3)14-11(15-13)9-10-7-5-4-6-8-10/h4-8H,9,13H2,1-3H3,(H,14,15). The third kappa shape index (κ3) is 4.61. The molecule has 0 amide bonds. The molecule has 1 aromatic carbocycles. The summed E-state index contributed by atoms with van der Waals surface area (Å²) in [6.07, 6.45) is 0.745. The number of nitrogens with zero attached hydrogens (tertiary/aromatic N) is 1. The van der Waals surface area contributed by atoms with Crippen molar-refractivity contribution in [2.75, 3.05) is 0 Å². The minimum Gasteiger partial charge on any atom is -0.312 e. The van der Waals surface area contributed by atoms with Crippen molar-refractivity contribution in [1.82, 2.24) is 5.43 Å². The molecule has 0 fully saturated rings. The van der Waals surface area contributed by atoms with E-state index in [4.69, 9.17) is 5.84 Å². The highest BCUT2D eigenvalue weighted by Crippen LogP contribution is 2.08. The Morgan fingerprint density at radius 1 is 1.27 bits per heavy atom. The molecule has 82 valence electrons. The Labute approximate surface area is 91.4 Å². The zero-order valence-electron chi connectivity index (χ0n) is 9.62. The molecule has 0 bridgehead atoms. The molecule has 0 radical (unpaired) electrons. The molecule has 3 N–H and O–H groups in total. The average molecular weight is 205 g/mol. The lowest BCUT2D eigenvalue weighted by atomic mass is 10.1. The van der Waals surface area contributed by atoms with E-state index in [1.165, 1.54) is 5.56 Å². The zero-order valence-corrected chi connectivity index (χ0v) is 9.62. The van der Waals surface area contributed by atoms with Crippen molar-refractivity contribution in [1.29, 1.82) is 0 Å². The lowest BCUT2D eigenvalue weighted by molar-refractivity contribution is 0.578. The van der Waals surface area contributed by atoms with E-state index in [1.54, 1.807) is 0 Å². The van der Waals surface area contributed by atoms with Crippen LogP contribution in [0.15, 0.2) is 35.3 Å². The minimum atomic E-state index is -0.101. The second kappa shape index (κ2) is 4.94. The number of amidine groups is 1. The molecule has 3 nitrogen and oxygen atoms in total. The number of aliphatic imine (C=N–C) groups is 1. The Bertz CT molecular complexity index is 322. The average Bonchev–Trinajstić information content (AvgIpc) is 2.16. The Hall–Kier alpha value is -1.35. The predicted molar refractivity (Wildman–Crippen MR) is 64.7 cm³/mol. The van der Waals surface area contributed by atoms with Crippen molar-refractivity contribution < 1.29 is 0 Å². The van der Waals surface area contributed by atoms with Gasteiger partial charge in [-0.2, -0.15) is 0 Å². The van der Waals surface area contributed by atoms with Gasteiger partial charge in [0.05, 0.1) is 5.54 Å². The van der Waals surface area contributed by atoms with E-state index < -0.39 is 0 Å². The van der Waals surface area contributed by atoms with Crippen molar-refractivity contribution in [3.05, 3.63) is 35.9 Å². The second-order valence-electron chi connectivity index (χ2n) is 4.54. The first-order valence-electron chi connectivity index (χ1n) is 5.10. The number of nitrogens with two attached hydrogens (primary N) is 1. The van der Waals surface area contributed by atoms with E-state index >= 15 is 0 Å². The molecule has 1 aromatic rings. The number of hydrazine groups is 1. The van der Waals surface area contributed by atoms with Gasteiger partial charge in [0, 0.05) is 6.42 Å². The number of hydrogen-bond acceptors (Lipinski definition) is 2. The smallest absolute Gasteiger partial charge is 0.115 e. The lowest BCUT2D eigenvalue weighted by Gasteiger charge is -2.15. The van der Waals surface area contributed by atoms with E-state index in [1.807, 2.05) is 18.2 Å². The van der Waals surface area contributed by atoms with E-state index in [2.05, 4.69) is 43.3 Å². The molecule has 3 heteroatoms. The summed E-state index contributed by atoms with van der Waals surface area (Å²) in [6.45, 7) is 6.15. The summed E-state index contributed by atoms with van der Waals surface area (Å²) in [6, 6.07) is 10.2. The first kappa shape index (κ1) is 11.7. The topological polar surface area (TPSA) is 50.4 Å². The summed E-state index contributed by atoms with van der Waals surface area (Å²) in [4.78, 5) is 4.50. The van der Waals surface area contributed by atoms with Gasteiger partial charge in [-0.05, 0) is 26.3 Å². The van der Waals surface area contributed by atoms with Crippen LogP contribution in [-0.4, -0.2) is 11.4 Å². The van der Waals surface area contributed by atoms with Crippen molar-refractivity contribution in [3.8, 4) is 0 Å². The van der Waals surface area contributed by atoms with Gasteiger partial charge in [-0.1, -0.05) is 30.3 Å². The van der Waals surface area contributed by atoms with E-state index in [0.29, 0.717) is 0 Å². The highest BCUT2D eigenvalue weighted by atomic mass is 15.3. The molecular weight excluding hydrogens is 186 g/mol. The summed E-state index contributed by atoms with van der Waals surface area (Å²) in [7, 11) is 0. The molecule has 1 rings (SSSR count). The van der Waals surface area contributed by atoms with Crippen LogP contribution < -0.4 is 11.3 Å². The van der Waals surface area contributed by atoms with Gasteiger partial charge in [0.25, 0.3) is 0 Å². The van der Waals surface area contributed by atoms with Crippen LogP contribution in [0.25, 0.3) is 0 Å². The van der Waals surface area contributed by atoms with Crippen molar-refractivity contribution in [2.24, 2.45) is 10.8 Å². The Morgan fingerprint density at radius 2 is 1.87 bits per heavy atom. The SMILES string of the molecule is CC(C)(C)N=C(Cc1ccccc1)NN. The van der Waals surface area contributed by atoms with E-state index in [0.717, 1.165) is 12.3 Å². The maximum Gasteiger partial charge on any atom is 0.115 e. The molecule has 0 aromatic heterocycles. The van der Waals surface area contributed by atoms with Crippen molar-refractivity contribution in [2.45, 2.75) is 32.7 Å². The number of nitrogens with one attached hydrogen (secondary N) is 1. The van der Waals surface area contributed by atoms with Crippen LogP contribution in [0.5, 0.6) is 0 Å². The highest BCUT2D eigenvalue weighted by molar-refractivity contribution is 5.84. The van der Waals surface area contributed by atoms with Gasteiger partial charge in [-0.3, -0.25) is 4.99 Å². The van der Waals surface area contributed by atoms with Gasteiger partial charge in [0.2, 0.25) is 0 Å². The quantitative estimate of drug-likeness (QED) is 0.335. The number of rotatable bonds is 2. The molecule has 0 aliphatic heterocycles. The summed E-state index contributed by atoms with van der Waals surface area (Å²) in [5.74, 6) is 6.26. The summed E-state index contributed by atoms with van der Waals surface area (Å²) in [5.41, 5.74) is 3.76. The minimum absolute atomic E-state index is 0.101. The van der Waals surface area contributed by atoms with Crippen molar-refractivity contribution >= 4 is 5.84 Å². The largest absolute Gasteiger partial charge is 0.312 e. The molecule has 0 saturated carbocycles. The monoisotopic (exact) mass is 205 g/mol. The first-order chi connectivity index (χ1) is 7.01. The molecule has 0 saturated heterocycles. The molecule has 0 heterocycles. The van der Waals surface area contributed by atoms with Crippen LogP contribution in [0.2, 0.25) is 0 Å². The van der Waals surface area contributed by atoms with E-state index in [9.17, 15) is 0 Å². The summed E-state index contributed by atoms with van der Waals surface area (Å²) >= 11 is 0. The third-order valence-electron chi connectivity index (χ3n) is 1.85. The van der Waals surface area contributed by atoms with Gasteiger partial charge >= 0.3 is 0 Å². The molecule has 0 spiro atoms. The fraction of sp³-hybridized carbons (Fsp3) is 0.417. The van der Waals surface area contributed by atoms with Crippen LogP contribution >= 0.6 is 0 Å². The molecule has 0 aliphatic rings. The van der Waals surface area contributed by atoms with Gasteiger partial charge in [-0.25, -0.2) is 5.84 Å². The Kier molecular flexibility index (Phi) is 3.86. The Balaban J connectivity index is 2.75. The Morgan fingerprint density at radius 3 is 2.33 bits per heavy atom. The highest BCUT2D eigenvalue weighted by Gasteiger charge is 2.09. The molecular formula is C12H19N3. The first-order valence-corrected chi connectivity index (χ1v) is 5.10. The van der Waals surface area contributed by atoms with Gasteiger partial charge < -0.3 is 5.43 Å². The van der Waals surface area contributed by atoms with Crippen LogP contribution in [-0.2, 0) is 6.42 Å². The summed E-state index contributed by atoms with van der Waals surface area (Å²) in [5, 5.41) is 0. The number of benzene rings is 1. The maximum atomic E-state index is 5.45.